The van der Waals surface area contributed by atoms with Crippen molar-refractivity contribution in [2.75, 3.05) is 24.0 Å². The fourth-order valence-electron chi connectivity index (χ4n) is 1.17. The van der Waals surface area contributed by atoms with Gasteiger partial charge in [0, 0.05) is 0 Å². The van der Waals surface area contributed by atoms with Crippen LogP contribution in [0.3, 0.4) is 0 Å². The van der Waals surface area contributed by atoms with Gasteiger partial charge < -0.3 is 30.4 Å². The molecule has 0 spiro atoms. The van der Waals surface area contributed by atoms with E-state index in [4.69, 9.17) is 0 Å². The van der Waals surface area contributed by atoms with Crippen LogP contribution < -0.4 is 20.8 Å². The molecule has 0 bridgehead atoms. The molecule has 0 saturated heterocycles. The van der Waals surface area contributed by atoms with Gasteiger partial charge in [-0.3, -0.25) is 9.59 Å². The van der Waals surface area contributed by atoms with Crippen LogP contribution in [-0.4, -0.2) is 98.6 Å². The molecule has 0 aliphatic carbocycles. The molecule has 11 heteroatoms. The van der Waals surface area contributed by atoms with Crippen molar-refractivity contribution < 1.29 is 29.4 Å². The maximum atomic E-state index is 10.3. The molecule has 0 aromatic heterocycles. The van der Waals surface area contributed by atoms with Gasteiger partial charge in [-0.15, -0.1) is 0 Å². The van der Waals surface area contributed by atoms with Gasteiger partial charge in [-0.05, 0) is 36.9 Å². The summed E-state index contributed by atoms with van der Waals surface area (Å²) in [6.45, 7) is 0. The molecule has 0 fully saturated rings. The minimum absolute atomic E-state index is 0. The number of amides is 2. The largest absolute Gasteiger partial charge is 2.00 e. The van der Waals surface area contributed by atoms with E-state index in [9.17, 15) is 29.4 Å². The van der Waals surface area contributed by atoms with Crippen LogP contribution >= 0.6 is 23.5 Å². The van der Waals surface area contributed by atoms with Crippen molar-refractivity contribution in [1.29, 1.82) is 0 Å². The van der Waals surface area contributed by atoms with E-state index in [2.05, 4.69) is 10.6 Å². The van der Waals surface area contributed by atoms with Gasteiger partial charge in [0.1, 0.15) is 0 Å². The van der Waals surface area contributed by atoms with Gasteiger partial charge in [0.25, 0.3) is 0 Å². The zero-order valence-electron chi connectivity index (χ0n) is 13.1. The van der Waals surface area contributed by atoms with Crippen LogP contribution in [0.2, 0.25) is 0 Å². The number of rotatable bonds is 12. The minimum Gasteiger partial charge on any atom is -0.548 e. The number of hydrogen-bond acceptors (Lipinski definition) is 8. The molecule has 0 aliphatic heterocycles. The third-order valence-corrected chi connectivity index (χ3v) is 3.62. The molecule has 2 amide bonds. The molecule has 8 nitrogen and oxygen atoms in total. The number of carboxylic acid groups (broad SMARTS) is 2. The summed E-state index contributed by atoms with van der Waals surface area (Å²) >= 11 is 3.05. The molecule has 2 N–H and O–H groups in total. The Labute approximate surface area is 173 Å². The van der Waals surface area contributed by atoms with Crippen LogP contribution in [0.1, 0.15) is 12.8 Å². The first kappa shape index (κ1) is 27.7. The number of carbonyl (C=O) groups excluding carboxylic acids is 4. The quantitative estimate of drug-likeness (QED) is 0.262. The zero-order valence-corrected chi connectivity index (χ0v) is 17.0. The van der Waals surface area contributed by atoms with E-state index < -0.39 is 24.0 Å². The van der Waals surface area contributed by atoms with Gasteiger partial charge in [0.2, 0.25) is 12.8 Å². The summed E-state index contributed by atoms with van der Waals surface area (Å²) < 4.78 is 0. The number of thioether (sulfide) groups is 2. The number of hydrogen-bond donors (Lipinski definition) is 2. The first-order chi connectivity index (χ1) is 10.4. The van der Waals surface area contributed by atoms with E-state index in [-0.39, 0.29) is 37.7 Å². The second-order valence-corrected chi connectivity index (χ2v) is 5.85. The monoisotopic (exact) mass is 392 g/mol. The van der Waals surface area contributed by atoms with Crippen molar-refractivity contribution in [2.24, 2.45) is 0 Å². The summed E-state index contributed by atoms with van der Waals surface area (Å²) in [5.41, 5.74) is 0. The van der Waals surface area contributed by atoms with Crippen molar-refractivity contribution in [3.63, 3.8) is 0 Å². The molecular weight excluding hydrogens is 372 g/mol. The van der Waals surface area contributed by atoms with Crippen molar-refractivity contribution in [3.05, 3.63) is 0 Å². The van der Waals surface area contributed by atoms with Gasteiger partial charge in [-0.2, -0.15) is 23.5 Å². The van der Waals surface area contributed by atoms with E-state index in [1.807, 2.05) is 12.5 Å². The fraction of sp³-hybridized carbons (Fsp3) is 0.667. The number of aliphatic carboxylic acids is 2. The zero-order chi connectivity index (χ0) is 17.4. The van der Waals surface area contributed by atoms with Crippen molar-refractivity contribution in [2.45, 2.75) is 24.9 Å². The normalized spacial score (nSPS) is 11.6. The molecule has 0 aromatic carbocycles. The first-order valence-electron chi connectivity index (χ1n) is 6.23. The van der Waals surface area contributed by atoms with Crippen LogP contribution in [0.4, 0.5) is 0 Å². The number of carbonyl (C=O) groups is 4. The van der Waals surface area contributed by atoms with E-state index in [1.165, 1.54) is 23.5 Å². The molecule has 0 rings (SSSR count). The molecular formula is C12H20CaN2O6S2. The van der Waals surface area contributed by atoms with Crippen molar-refractivity contribution >= 4 is 86.0 Å². The van der Waals surface area contributed by atoms with Crippen LogP contribution in [-0.2, 0) is 19.2 Å². The van der Waals surface area contributed by atoms with Gasteiger partial charge >= 0.3 is 37.7 Å². The Morgan fingerprint density at radius 2 is 1.22 bits per heavy atom. The molecule has 0 unspecified atom stereocenters. The van der Waals surface area contributed by atoms with Gasteiger partial charge in [0.15, 0.2) is 0 Å². The van der Waals surface area contributed by atoms with E-state index >= 15 is 0 Å². The second kappa shape index (κ2) is 19.9. The standard InChI is InChI=1S/2C6H11NO3S.Ca/c2*1-11-3-2-5(6(9)10)7-4-8;/h2*4-5H,2-3H2,1H3,(H,7,8)(H,9,10);/q;;+2/p-2/t2*5-;/m00./s1. The molecule has 0 saturated carbocycles. The summed E-state index contributed by atoms with van der Waals surface area (Å²) in [4.78, 5) is 40.3. The minimum atomic E-state index is -1.23. The number of carboxylic acids is 2. The predicted molar refractivity (Wildman–Crippen MR) is 87.7 cm³/mol. The first-order valence-corrected chi connectivity index (χ1v) is 9.02. The Kier molecular flexibility index (Phi) is 23.9. The third kappa shape index (κ3) is 18.0. The maximum absolute atomic E-state index is 10.3. The molecule has 0 heterocycles. The number of nitrogens with one attached hydrogen (secondary N) is 2. The van der Waals surface area contributed by atoms with E-state index in [0.717, 1.165) is 0 Å². The van der Waals surface area contributed by atoms with E-state index in [1.54, 1.807) is 0 Å². The van der Waals surface area contributed by atoms with Crippen LogP contribution in [0, 0.1) is 0 Å². The summed E-state index contributed by atoms with van der Waals surface area (Å²) in [6, 6.07) is -1.69. The maximum Gasteiger partial charge on any atom is 2.00 e. The molecule has 0 aromatic rings. The van der Waals surface area contributed by atoms with E-state index in [0.29, 0.717) is 37.2 Å². The van der Waals surface area contributed by atoms with Gasteiger partial charge in [-0.1, -0.05) is 0 Å². The molecule has 0 aliphatic rings. The Balaban J connectivity index is -0.000000333. The second-order valence-electron chi connectivity index (χ2n) is 3.88. The Morgan fingerprint density at radius 1 is 0.913 bits per heavy atom. The molecule has 128 valence electrons. The Morgan fingerprint density at radius 3 is 1.39 bits per heavy atom. The molecule has 23 heavy (non-hydrogen) atoms. The van der Waals surface area contributed by atoms with Crippen molar-refractivity contribution in [3.8, 4) is 0 Å². The van der Waals surface area contributed by atoms with Gasteiger partial charge in [-0.25, -0.2) is 0 Å². The summed E-state index contributed by atoms with van der Waals surface area (Å²) in [5.74, 6) is -1.07. The predicted octanol–water partition coefficient (Wildman–Crippen LogP) is -3.17. The summed E-state index contributed by atoms with van der Waals surface area (Å²) in [6.07, 6.45) is 5.30. The summed E-state index contributed by atoms with van der Waals surface area (Å²) in [7, 11) is 0. The third-order valence-electron chi connectivity index (χ3n) is 2.33. The average Bonchev–Trinajstić information content (AvgIpc) is 2.48. The topological polar surface area (TPSA) is 138 Å². The average molecular weight is 393 g/mol. The molecule has 0 radical (unpaired) electrons. The SMILES string of the molecule is CSCC[C@H](NC=O)C(=O)[O-].CSCC[C@H](NC=O)C(=O)[O-].[Ca+2]. The van der Waals surface area contributed by atoms with Crippen LogP contribution in [0.5, 0.6) is 0 Å². The van der Waals surface area contributed by atoms with Crippen molar-refractivity contribution in [1.82, 2.24) is 10.6 Å². The van der Waals surface area contributed by atoms with Crippen LogP contribution in [0.15, 0.2) is 0 Å². The molecule has 2 atom stereocenters. The fourth-order valence-corrected chi connectivity index (χ4v) is 2.12. The van der Waals surface area contributed by atoms with Gasteiger partial charge in [0.05, 0.1) is 24.0 Å². The summed E-state index contributed by atoms with van der Waals surface area (Å²) in [5, 5.41) is 24.8. The Hall–Kier alpha value is -0.160. The smallest absolute Gasteiger partial charge is 0.548 e. The Bertz CT molecular complexity index is 318. The van der Waals surface area contributed by atoms with Crippen LogP contribution in [0.25, 0.3) is 0 Å².